The van der Waals surface area contributed by atoms with Gasteiger partial charge < -0.3 is 5.11 Å². The topological polar surface area (TPSA) is 63.1 Å². The first kappa shape index (κ1) is 13.9. The van der Waals surface area contributed by atoms with Crippen molar-refractivity contribution in [3.05, 3.63) is 72.8 Å². The van der Waals surface area contributed by atoms with Crippen molar-refractivity contribution in [2.24, 2.45) is 0 Å². The van der Waals surface area contributed by atoms with Crippen LogP contribution in [0.3, 0.4) is 0 Å². The number of pyridine rings is 2. The molecule has 4 heteroatoms. The summed E-state index contributed by atoms with van der Waals surface area (Å²) in [7, 11) is 0. The van der Waals surface area contributed by atoms with Crippen LogP contribution >= 0.6 is 0 Å². The number of aromatic nitrogens is 2. The predicted octanol–water partition coefficient (Wildman–Crippen LogP) is 3.44. The second-order valence-corrected chi connectivity index (χ2v) is 4.93. The zero-order valence-electron chi connectivity index (χ0n) is 11.8. The summed E-state index contributed by atoms with van der Waals surface area (Å²) in [6, 6.07) is 13.4. The molecule has 0 spiro atoms. The molecule has 1 N–H and O–H groups in total. The van der Waals surface area contributed by atoms with Crippen molar-refractivity contribution in [2.75, 3.05) is 0 Å². The molecule has 0 amide bonds. The summed E-state index contributed by atoms with van der Waals surface area (Å²) in [5.74, 6) is -0.853. The largest absolute Gasteiger partial charge is 0.481 e. The first-order valence-corrected chi connectivity index (χ1v) is 6.89. The zero-order valence-corrected chi connectivity index (χ0v) is 11.8. The van der Waals surface area contributed by atoms with Crippen LogP contribution in [0.4, 0.5) is 0 Å². The van der Waals surface area contributed by atoms with Gasteiger partial charge in [0.1, 0.15) is 0 Å². The fourth-order valence-electron chi connectivity index (χ4n) is 2.42. The SMILES string of the molecule is O=C(O)Cc1cc(-c2cccnc2)ccc1-c1cccnc1. The van der Waals surface area contributed by atoms with Crippen molar-refractivity contribution >= 4 is 5.97 Å². The average molecular weight is 290 g/mol. The van der Waals surface area contributed by atoms with Crippen LogP contribution in [0, 0.1) is 0 Å². The number of hydrogen-bond acceptors (Lipinski definition) is 3. The first-order valence-electron chi connectivity index (χ1n) is 6.89. The van der Waals surface area contributed by atoms with E-state index in [9.17, 15) is 9.90 Å². The minimum atomic E-state index is -0.853. The van der Waals surface area contributed by atoms with Gasteiger partial charge in [-0.15, -0.1) is 0 Å². The van der Waals surface area contributed by atoms with Gasteiger partial charge in [0.2, 0.25) is 0 Å². The molecule has 108 valence electrons. The summed E-state index contributed by atoms with van der Waals surface area (Å²) in [5.41, 5.74) is 4.49. The minimum Gasteiger partial charge on any atom is -0.481 e. The van der Waals surface area contributed by atoms with E-state index in [0.717, 1.165) is 27.8 Å². The summed E-state index contributed by atoms with van der Waals surface area (Å²) in [4.78, 5) is 19.4. The summed E-state index contributed by atoms with van der Waals surface area (Å²) in [6.45, 7) is 0. The molecule has 1 aromatic carbocycles. The first-order chi connectivity index (χ1) is 10.7. The molecule has 0 aliphatic heterocycles. The highest BCUT2D eigenvalue weighted by molar-refractivity contribution is 5.79. The third-order valence-electron chi connectivity index (χ3n) is 3.41. The molecule has 2 heterocycles. The van der Waals surface area contributed by atoms with Gasteiger partial charge in [0.25, 0.3) is 0 Å². The van der Waals surface area contributed by atoms with Gasteiger partial charge in [0.05, 0.1) is 6.42 Å². The second kappa shape index (κ2) is 6.18. The summed E-state index contributed by atoms with van der Waals surface area (Å²) in [6.07, 6.45) is 6.89. The third kappa shape index (κ3) is 3.01. The van der Waals surface area contributed by atoms with E-state index in [2.05, 4.69) is 9.97 Å². The lowest BCUT2D eigenvalue weighted by atomic mass is 9.94. The Hall–Kier alpha value is -3.01. The van der Waals surface area contributed by atoms with Gasteiger partial charge in [-0.05, 0) is 40.5 Å². The molecule has 0 unspecified atom stereocenters. The highest BCUT2D eigenvalue weighted by Gasteiger charge is 2.11. The molecule has 0 saturated heterocycles. The smallest absolute Gasteiger partial charge is 0.307 e. The fraction of sp³-hybridized carbons (Fsp3) is 0.0556. The van der Waals surface area contributed by atoms with Crippen LogP contribution in [-0.4, -0.2) is 21.0 Å². The molecule has 3 rings (SSSR count). The Balaban J connectivity index is 2.10. The van der Waals surface area contributed by atoms with Crippen molar-refractivity contribution in [1.29, 1.82) is 0 Å². The van der Waals surface area contributed by atoms with Gasteiger partial charge in [-0.3, -0.25) is 14.8 Å². The standard InChI is InChI=1S/C18H14N2O2/c21-18(22)10-16-9-13(14-3-1-7-19-11-14)5-6-17(16)15-4-2-8-20-12-15/h1-9,11-12H,10H2,(H,21,22). The van der Waals surface area contributed by atoms with Gasteiger partial charge in [-0.1, -0.05) is 24.3 Å². The van der Waals surface area contributed by atoms with Crippen molar-refractivity contribution in [2.45, 2.75) is 6.42 Å². The van der Waals surface area contributed by atoms with Crippen molar-refractivity contribution < 1.29 is 9.90 Å². The normalized spacial score (nSPS) is 10.4. The maximum absolute atomic E-state index is 11.2. The van der Waals surface area contributed by atoms with Gasteiger partial charge in [0.15, 0.2) is 0 Å². The lowest BCUT2D eigenvalue weighted by molar-refractivity contribution is -0.136. The van der Waals surface area contributed by atoms with E-state index in [0.29, 0.717) is 0 Å². The molecule has 22 heavy (non-hydrogen) atoms. The molecule has 4 nitrogen and oxygen atoms in total. The Morgan fingerprint density at radius 1 is 0.909 bits per heavy atom. The zero-order chi connectivity index (χ0) is 15.4. The highest BCUT2D eigenvalue weighted by atomic mass is 16.4. The number of carbonyl (C=O) groups is 1. The van der Waals surface area contributed by atoms with E-state index < -0.39 is 5.97 Å². The number of carboxylic acids is 1. The summed E-state index contributed by atoms with van der Waals surface area (Å²) in [5, 5.41) is 9.17. The highest BCUT2D eigenvalue weighted by Crippen LogP contribution is 2.28. The molecule has 3 aromatic rings. The lowest BCUT2D eigenvalue weighted by Gasteiger charge is -2.11. The van der Waals surface area contributed by atoms with Gasteiger partial charge in [-0.2, -0.15) is 0 Å². The summed E-state index contributed by atoms with van der Waals surface area (Å²) < 4.78 is 0. The minimum absolute atomic E-state index is 0.0294. The maximum atomic E-state index is 11.2. The van der Waals surface area contributed by atoms with Crippen molar-refractivity contribution in [3.8, 4) is 22.3 Å². The molecule has 0 saturated carbocycles. The van der Waals surface area contributed by atoms with Crippen molar-refractivity contribution in [3.63, 3.8) is 0 Å². The Kier molecular flexibility index (Phi) is 3.92. The van der Waals surface area contributed by atoms with Crippen molar-refractivity contribution in [1.82, 2.24) is 9.97 Å². The monoisotopic (exact) mass is 290 g/mol. The van der Waals surface area contributed by atoms with Crippen LogP contribution in [0.2, 0.25) is 0 Å². The third-order valence-corrected chi connectivity index (χ3v) is 3.41. The van der Waals surface area contributed by atoms with E-state index >= 15 is 0 Å². The number of hydrogen-bond donors (Lipinski definition) is 1. The summed E-state index contributed by atoms with van der Waals surface area (Å²) >= 11 is 0. The maximum Gasteiger partial charge on any atom is 0.307 e. The van der Waals surface area contributed by atoms with Crippen LogP contribution < -0.4 is 0 Å². The van der Waals surface area contributed by atoms with Gasteiger partial charge in [0, 0.05) is 30.4 Å². The molecule has 0 aliphatic rings. The van der Waals surface area contributed by atoms with Gasteiger partial charge >= 0.3 is 5.97 Å². The Bertz CT molecular complexity index is 787. The Labute approximate surface area is 128 Å². The van der Waals surface area contributed by atoms with Crippen LogP contribution in [0.5, 0.6) is 0 Å². The quantitative estimate of drug-likeness (QED) is 0.799. The Morgan fingerprint density at radius 2 is 1.59 bits per heavy atom. The molecule has 0 bridgehead atoms. The van der Waals surface area contributed by atoms with Crippen LogP contribution in [0.15, 0.2) is 67.3 Å². The van der Waals surface area contributed by atoms with E-state index in [1.807, 2.05) is 42.5 Å². The molecule has 0 atom stereocenters. The van der Waals surface area contributed by atoms with Crippen LogP contribution in [-0.2, 0) is 11.2 Å². The van der Waals surface area contributed by atoms with E-state index in [-0.39, 0.29) is 6.42 Å². The Morgan fingerprint density at radius 3 is 2.18 bits per heavy atom. The average Bonchev–Trinajstić information content (AvgIpc) is 2.56. The predicted molar refractivity (Wildman–Crippen MR) is 84.2 cm³/mol. The van der Waals surface area contributed by atoms with E-state index in [1.165, 1.54) is 0 Å². The number of rotatable bonds is 4. The van der Waals surface area contributed by atoms with Gasteiger partial charge in [-0.25, -0.2) is 0 Å². The molecule has 0 fully saturated rings. The van der Waals surface area contributed by atoms with Crippen LogP contribution in [0.25, 0.3) is 22.3 Å². The number of benzene rings is 1. The molecule has 0 radical (unpaired) electrons. The number of carboxylic acid groups (broad SMARTS) is 1. The molecule has 0 aliphatic carbocycles. The molecule has 2 aromatic heterocycles. The van der Waals surface area contributed by atoms with E-state index in [4.69, 9.17) is 0 Å². The lowest BCUT2D eigenvalue weighted by Crippen LogP contribution is -2.02. The second-order valence-electron chi connectivity index (χ2n) is 4.93. The van der Waals surface area contributed by atoms with E-state index in [1.54, 1.807) is 24.8 Å². The number of aliphatic carboxylic acids is 1. The van der Waals surface area contributed by atoms with Crippen LogP contribution in [0.1, 0.15) is 5.56 Å². The fourth-order valence-corrected chi connectivity index (χ4v) is 2.42. The number of nitrogens with zero attached hydrogens (tertiary/aromatic N) is 2. The molecular weight excluding hydrogens is 276 g/mol. The molecular formula is C18H14N2O2.